The van der Waals surface area contributed by atoms with Crippen molar-refractivity contribution in [3.05, 3.63) is 95.7 Å². The highest BCUT2D eigenvalue weighted by molar-refractivity contribution is 6.04. The van der Waals surface area contributed by atoms with Crippen LogP contribution in [0.2, 0.25) is 0 Å². The van der Waals surface area contributed by atoms with Gasteiger partial charge in [0.1, 0.15) is 6.61 Å². The van der Waals surface area contributed by atoms with Crippen molar-refractivity contribution in [3.8, 4) is 11.1 Å². The van der Waals surface area contributed by atoms with Crippen LogP contribution in [0.4, 0.5) is 0 Å². The van der Waals surface area contributed by atoms with E-state index in [2.05, 4.69) is 4.98 Å². The van der Waals surface area contributed by atoms with E-state index in [9.17, 15) is 14.7 Å². The lowest BCUT2D eigenvalue weighted by Gasteiger charge is -2.24. The van der Waals surface area contributed by atoms with Gasteiger partial charge in [-0.2, -0.15) is 0 Å². The van der Waals surface area contributed by atoms with Crippen LogP contribution in [0.3, 0.4) is 0 Å². The van der Waals surface area contributed by atoms with E-state index in [-0.39, 0.29) is 18.9 Å². The molecular formula is C26H22N2O4. The molecule has 6 heteroatoms. The van der Waals surface area contributed by atoms with Crippen molar-refractivity contribution in [3.63, 3.8) is 0 Å². The van der Waals surface area contributed by atoms with Crippen molar-refractivity contribution in [1.29, 1.82) is 0 Å². The number of aromatic nitrogens is 1. The maximum Gasteiger partial charge on any atom is 0.338 e. The van der Waals surface area contributed by atoms with Crippen molar-refractivity contribution in [2.24, 2.45) is 5.73 Å². The quantitative estimate of drug-likeness (QED) is 0.321. The van der Waals surface area contributed by atoms with E-state index in [1.807, 2.05) is 72.8 Å². The molecule has 0 radical (unpaired) electrons. The predicted octanol–water partition coefficient (Wildman–Crippen LogP) is 3.85. The molecule has 1 aliphatic rings. The van der Waals surface area contributed by atoms with Crippen LogP contribution in [0.5, 0.6) is 0 Å². The van der Waals surface area contributed by atoms with Crippen LogP contribution in [0.1, 0.15) is 22.6 Å². The van der Waals surface area contributed by atoms with Gasteiger partial charge in [0.2, 0.25) is 5.54 Å². The number of carbonyl (C=O) groups is 2. The first kappa shape index (κ1) is 20.0. The molecule has 0 fully saturated rings. The summed E-state index contributed by atoms with van der Waals surface area (Å²) in [5.74, 6) is -2.53. The molecule has 1 atom stereocenters. The Bertz CT molecular complexity index is 1300. The highest BCUT2D eigenvalue weighted by Crippen LogP contribution is 2.44. The van der Waals surface area contributed by atoms with E-state index in [0.717, 1.165) is 33.2 Å². The summed E-state index contributed by atoms with van der Waals surface area (Å²) in [6.45, 7) is 0.0208. The van der Waals surface area contributed by atoms with Gasteiger partial charge in [-0.05, 0) is 33.9 Å². The first-order valence-electron chi connectivity index (χ1n) is 10.4. The highest BCUT2D eigenvalue weighted by atomic mass is 16.5. The summed E-state index contributed by atoms with van der Waals surface area (Å²) < 4.78 is 5.57. The van der Waals surface area contributed by atoms with Crippen molar-refractivity contribution in [1.82, 2.24) is 4.98 Å². The third kappa shape index (κ3) is 3.16. The zero-order valence-corrected chi connectivity index (χ0v) is 17.2. The SMILES string of the molecule is N[C@](Cc1c[nH]c2ccccc12)(C(=O)O)C(=O)OCC1c2ccccc2-c2ccccc21. The molecule has 160 valence electrons. The Kier molecular flexibility index (Phi) is 4.79. The monoisotopic (exact) mass is 426 g/mol. The molecule has 1 aliphatic carbocycles. The van der Waals surface area contributed by atoms with Gasteiger partial charge >= 0.3 is 11.9 Å². The smallest absolute Gasteiger partial charge is 0.338 e. The summed E-state index contributed by atoms with van der Waals surface area (Å²) in [4.78, 5) is 28.2. The Hall–Kier alpha value is -3.90. The van der Waals surface area contributed by atoms with Crippen molar-refractivity contribution in [2.75, 3.05) is 6.61 Å². The minimum Gasteiger partial charge on any atom is -0.479 e. The first-order chi connectivity index (χ1) is 15.5. The summed E-state index contributed by atoms with van der Waals surface area (Å²) in [6.07, 6.45) is 1.51. The number of ether oxygens (including phenoxy) is 1. The average Bonchev–Trinajstić information content (AvgIpc) is 3.36. The van der Waals surface area contributed by atoms with Gasteiger partial charge in [0.25, 0.3) is 0 Å². The molecule has 32 heavy (non-hydrogen) atoms. The molecule has 1 aromatic heterocycles. The number of esters is 1. The molecule has 0 amide bonds. The number of hydrogen-bond donors (Lipinski definition) is 3. The molecule has 4 N–H and O–H groups in total. The minimum atomic E-state index is -2.19. The molecule has 0 unspecified atom stereocenters. The molecule has 5 rings (SSSR count). The van der Waals surface area contributed by atoms with Crippen LogP contribution >= 0.6 is 0 Å². The first-order valence-corrected chi connectivity index (χ1v) is 10.4. The van der Waals surface area contributed by atoms with E-state index in [1.165, 1.54) is 0 Å². The fourth-order valence-electron chi connectivity index (χ4n) is 4.54. The maximum atomic E-state index is 13.0. The van der Waals surface area contributed by atoms with Crippen LogP contribution in [0.15, 0.2) is 79.0 Å². The third-order valence-corrected chi connectivity index (χ3v) is 6.23. The number of carboxylic acid groups (broad SMARTS) is 1. The number of carboxylic acids is 1. The second-order valence-corrected chi connectivity index (χ2v) is 8.14. The number of aromatic amines is 1. The number of carbonyl (C=O) groups excluding carboxylic acids is 1. The van der Waals surface area contributed by atoms with Gasteiger partial charge in [0.05, 0.1) is 0 Å². The van der Waals surface area contributed by atoms with Gasteiger partial charge in [-0.25, -0.2) is 9.59 Å². The Labute approximate surface area is 184 Å². The van der Waals surface area contributed by atoms with Crippen LogP contribution in [0, 0.1) is 0 Å². The van der Waals surface area contributed by atoms with Crippen molar-refractivity contribution >= 4 is 22.8 Å². The third-order valence-electron chi connectivity index (χ3n) is 6.23. The van der Waals surface area contributed by atoms with Gasteiger partial charge in [0, 0.05) is 29.4 Å². The van der Waals surface area contributed by atoms with Gasteiger partial charge < -0.3 is 20.6 Å². The molecule has 0 bridgehead atoms. The van der Waals surface area contributed by atoms with E-state index in [4.69, 9.17) is 10.5 Å². The number of aliphatic carboxylic acids is 1. The fourth-order valence-corrected chi connectivity index (χ4v) is 4.54. The number of fused-ring (bicyclic) bond motifs is 4. The molecule has 6 nitrogen and oxygen atoms in total. The fraction of sp³-hybridized carbons (Fsp3) is 0.154. The second kappa shape index (κ2) is 7.66. The molecular weight excluding hydrogens is 404 g/mol. The summed E-state index contributed by atoms with van der Waals surface area (Å²) in [5, 5.41) is 10.7. The Morgan fingerprint density at radius 1 is 0.938 bits per heavy atom. The molecule has 0 spiro atoms. The van der Waals surface area contributed by atoms with Gasteiger partial charge in [-0.3, -0.25) is 0 Å². The number of nitrogens with two attached hydrogens (primary N) is 1. The minimum absolute atomic E-state index is 0.0208. The molecule has 0 saturated carbocycles. The summed E-state index contributed by atoms with van der Waals surface area (Å²) in [7, 11) is 0. The van der Waals surface area contributed by atoms with Gasteiger partial charge in [-0.1, -0.05) is 66.7 Å². The number of benzene rings is 3. The van der Waals surface area contributed by atoms with E-state index >= 15 is 0 Å². The molecule has 1 heterocycles. The zero-order valence-electron chi connectivity index (χ0n) is 17.2. The number of hydrogen-bond acceptors (Lipinski definition) is 4. The van der Waals surface area contributed by atoms with Crippen LogP contribution < -0.4 is 5.73 Å². The average molecular weight is 426 g/mol. The predicted molar refractivity (Wildman–Crippen MR) is 121 cm³/mol. The topological polar surface area (TPSA) is 105 Å². The normalized spacial score (nSPS) is 14.5. The highest BCUT2D eigenvalue weighted by Gasteiger charge is 2.45. The number of rotatable bonds is 6. The Balaban J connectivity index is 1.40. The molecule has 3 aromatic carbocycles. The standard InChI is InChI=1S/C26H22N2O4/c27-26(24(29)30,13-16-14-28-23-12-6-5-7-17(16)23)25(31)32-15-22-20-10-3-1-8-18(20)19-9-2-4-11-21(19)22/h1-12,14,22,28H,13,15,27H2,(H,29,30)/t26-/m1/s1. The number of H-pyrrole nitrogens is 1. The lowest BCUT2D eigenvalue weighted by atomic mass is 9.91. The maximum absolute atomic E-state index is 13.0. The van der Waals surface area contributed by atoms with Crippen molar-refractivity contribution < 1.29 is 19.4 Å². The lowest BCUT2D eigenvalue weighted by Crippen LogP contribution is -2.57. The molecule has 0 saturated heterocycles. The van der Waals surface area contributed by atoms with Crippen LogP contribution in [-0.2, 0) is 20.7 Å². The van der Waals surface area contributed by atoms with Gasteiger partial charge in [-0.15, -0.1) is 0 Å². The van der Waals surface area contributed by atoms with Crippen LogP contribution in [0.25, 0.3) is 22.0 Å². The van der Waals surface area contributed by atoms with Crippen molar-refractivity contribution in [2.45, 2.75) is 17.9 Å². The van der Waals surface area contributed by atoms with E-state index in [0.29, 0.717) is 5.56 Å². The lowest BCUT2D eigenvalue weighted by molar-refractivity contribution is -0.161. The summed E-state index contributed by atoms with van der Waals surface area (Å²) in [5.41, 5.74) is 9.76. The molecule has 4 aromatic rings. The number of para-hydroxylation sites is 1. The molecule has 0 aliphatic heterocycles. The Morgan fingerprint density at radius 2 is 1.53 bits per heavy atom. The van der Waals surface area contributed by atoms with Crippen LogP contribution in [-0.4, -0.2) is 34.2 Å². The zero-order chi connectivity index (χ0) is 22.3. The van der Waals surface area contributed by atoms with E-state index in [1.54, 1.807) is 6.20 Å². The largest absolute Gasteiger partial charge is 0.479 e. The van der Waals surface area contributed by atoms with E-state index < -0.39 is 17.5 Å². The Morgan fingerprint density at radius 3 is 2.19 bits per heavy atom. The number of nitrogens with one attached hydrogen (secondary N) is 1. The summed E-state index contributed by atoms with van der Waals surface area (Å²) in [6, 6.07) is 23.4. The summed E-state index contributed by atoms with van der Waals surface area (Å²) >= 11 is 0. The van der Waals surface area contributed by atoms with Gasteiger partial charge in [0.15, 0.2) is 0 Å². The second-order valence-electron chi connectivity index (χ2n) is 8.14.